The smallest absolute Gasteiger partial charge is 0.160 e. The topological polar surface area (TPSA) is 80.7 Å². The quantitative estimate of drug-likeness (QED) is 0.382. The zero-order chi connectivity index (χ0) is 16.8. The van der Waals surface area contributed by atoms with Crippen LogP contribution in [-0.4, -0.2) is 28.6 Å². The lowest BCUT2D eigenvalue weighted by Gasteiger charge is -2.07. The van der Waals surface area contributed by atoms with Crippen LogP contribution in [0.5, 0.6) is 0 Å². The number of nitrogens with two attached hydrogens (primary N) is 1. The number of benzene rings is 1. The Morgan fingerprint density at radius 3 is 2.91 bits per heavy atom. The summed E-state index contributed by atoms with van der Waals surface area (Å²) in [5.41, 5.74) is 3.05. The second-order valence-electron chi connectivity index (χ2n) is 4.86. The first-order chi connectivity index (χ1) is 11.1. The zero-order valence-electron chi connectivity index (χ0n) is 12.9. The second kappa shape index (κ2) is 7.73. The first-order valence-corrected chi connectivity index (χ1v) is 7.91. The van der Waals surface area contributed by atoms with Gasteiger partial charge >= 0.3 is 0 Å². The van der Waals surface area contributed by atoms with Crippen LogP contribution in [0.4, 0.5) is 4.39 Å². The van der Waals surface area contributed by atoms with E-state index in [1.54, 1.807) is 12.3 Å². The van der Waals surface area contributed by atoms with Crippen molar-refractivity contribution >= 4 is 29.2 Å². The number of aromatic nitrogens is 1. The van der Waals surface area contributed by atoms with Crippen LogP contribution in [0.15, 0.2) is 33.7 Å². The van der Waals surface area contributed by atoms with Crippen LogP contribution >= 0.6 is 11.5 Å². The Bertz CT molecular complexity index is 767. The molecule has 0 radical (unpaired) electrons. The Kier molecular flexibility index (Phi) is 5.70. The van der Waals surface area contributed by atoms with Crippen molar-refractivity contribution < 1.29 is 9.18 Å². The van der Waals surface area contributed by atoms with Gasteiger partial charge in [-0.15, -0.1) is 0 Å². The van der Waals surface area contributed by atoms with Crippen molar-refractivity contribution in [1.82, 2.24) is 4.37 Å². The third-order valence-electron chi connectivity index (χ3n) is 3.22. The number of nitrogens with zero attached hydrogens (tertiary/aromatic N) is 3. The molecule has 7 heteroatoms. The van der Waals surface area contributed by atoms with Crippen LogP contribution in [0.1, 0.15) is 29.8 Å². The molecule has 23 heavy (non-hydrogen) atoms. The molecular weight excluding hydrogens is 315 g/mol. The van der Waals surface area contributed by atoms with Crippen LogP contribution in [0, 0.1) is 5.82 Å². The van der Waals surface area contributed by atoms with E-state index in [9.17, 15) is 9.18 Å². The standard InChI is InChI=1S/C16H17FN4OS/c1-3-19-8-13(20-18)6-11-9-23-21-16(11)14-5-4-12(17)7-15(14)10(2)22/h4-5,7-9H,3,6,18H2,1-2H3. The zero-order valence-corrected chi connectivity index (χ0v) is 13.7. The Hall–Kier alpha value is -2.41. The van der Waals surface area contributed by atoms with Gasteiger partial charge in [-0.2, -0.15) is 9.47 Å². The van der Waals surface area contributed by atoms with E-state index in [1.807, 2.05) is 12.3 Å². The predicted molar refractivity (Wildman–Crippen MR) is 91.9 cm³/mol. The maximum Gasteiger partial charge on any atom is 0.160 e. The fourth-order valence-electron chi connectivity index (χ4n) is 2.14. The minimum atomic E-state index is -0.449. The van der Waals surface area contributed by atoms with Crippen LogP contribution in [0.25, 0.3) is 11.3 Å². The molecule has 0 spiro atoms. The van der Waals surface area contributed by atoms with Gasteiger partial charge in [0.25, 0.3) is 0 Å². The maximum atomic E-state index is 13.4. The molecule has 0 aliphatic rings. The number of ketones is 1. The van der Waals surface area contributed by atoms with Gasteiger partial charge in [-0.25, -0.2) is 4.39 Å². The van der Waals surface area contributed by atoms with Crippen LogP contribution in [-0.2, 0) is 6.42 Å². The fourth-order valence-corrected chi connectivity index (χ4v) is 2.83. The Morgan fingerprint density at radius 1 is 1.48 bits per heavy atom. The van der Waals surface area contributed by atoms with Gasteiger partial charge < -0.3 is 5.84 Å². The number of hydrogen-bond acceptors (Lipinski definition) is 6. The molecule has 5 nitrogen and oxygen atoms in total. The molecule has 0 atom stereocenters. The molecule has 0 saturated carbocycles. The van der Waals surface area contributed by atoms with E-state index in [0.29, 0.717) is 35.5 Å². The first kappa shape index (κ1) is 17.0. The van der Waals surface area contributed by atoms with Crippen molar-refractivity contribution in [3.63, 3.8) is 0 Å². The predicted octanol–water partition coefficient (Wildman–Crippen LogP) is 3.10. The van der Waals surface area contributed by atoms with Crippen molar-refractivity contribution in [3.05, 3.63) is 40.5 Å². The average molecular weight is 332 g/mol. The largest absolute Gasteiger partial charge is 0.323 e. The summed E-state index contributed by atoms with van der Waals surface area (Å²) in [4.78, 5) is 15.9. The van der Waals surface area contributed by atoms with E-state index in [0.717, 1.165) is 5.56 Å². The highest BCUT2D eigenvalue weighted by atomic mass is 32.1. The normalized spacial score (nSPS) is 12.0. The van der Waals surface area contributed by atoms with Crippen molar-refractivity contribution in [2.45, 2.75) is 20.3 Å². The fraction of sp³-hybridized carbons (Fsp3) is 0.250. The number of halogens is 1. The summed E-state index contributed by atoms with van der Waals surface area (Å²) in [5, 5.41) is 5.59. The van der Waals surface area contributed by atoms with Crippen LogP contribution < -0.4 is 5.84 Å². The molecule has 0 saturated heterocycles. The molecular formula is C16H17FN4OS. The summed E-state index contributed by atoms with van der Waals surface area (Å²) in [5.74, 6) is 4.73. The molecule has 120 valence electrons. The highest BCUT2D eigenvalue weighted by molar-refractivity contribution is 7.04. The van der Waals surface area contributed by atoms with Crippen molar-refractivity contribution in [2.24, 2.45) is 15.9 Å². The van der Waals surface area contributed by atoms with Gasteiger partial charge in [0, 0.05) is 35.7 Å². The number of hydrazone groups is 1. The molecule has 1 heterocycles. The lowest BCUT2D eigenvalue weighted by molar-refractivity contribution is 0.101. The lowest BCUT2D eigenvalue weighted by Crippen LogP contribution is -2.09. The van der Waals surface area contributed by atoms with Crippen molar-refractivity contribution in [3.8, 4) is 11.3 Å². The number of carbonyl (C=O) groups is 1. The summed E-state index contributed by atoms with van der Waals surface area (Å²) in [6, 6.07) is 4.13. The Labute approximate surface area is 137 Å². The van der Waals surface area contributed by atoms with Crippen LogP contribution in [0.3, 0.4) is 0 Å². The van der Waals surface area contributed by atoms with E-state index >= 15 is 0 Å². The van der Waals surface area contributed by atoms with Gasteiger partial charge in [-0.1, -0.05) is 0 Å². The van der Waals surface area contributed by atoms with E-state index in [-0.39, 0.29) is 5.78 Å². The molecule has 0 aliphatic heterocycles. The third kappa shape index (κ3) is 4.07. The number of hydrogen-bond donors (Lipinski definition) is 1. The third-order valence-corrected chi connectivity index (χ3v) is 3.90. The van der Waals surface area contributed by atoms with Gasteiger partial charge in [-0.05, 0) is 49.1 Å². The number of carbonyl (C=O) groups excluding carboxylic acids is 1. The number of aliphatic imine (C=N–C) groups is 1. The Morgan fingerprint density at radius 2 is 2.26 bits per heavy atom. The number of Topliss-reactive ketones (excluding diaryl/α,β-unsaturated/α-hetero) is 1. The van der Waals surface area contributed by atoms with E-state index in [4.69, 9.17) is 5.84 Å². The molecule has 2 aromatic rings. The van der Waals surface area contributed by atoms with E-state index in [1.165, 1.54) is 30.6 Å². The maximum absolute atomic E-state index is 13.4. The summed E-state index contributed by atoms with van der Waals surface area (Å²) in [6.07, 6.45) is 2.07. The van der Waals surface area contributed by atoms with Gasteiger partial charge in [0.05, 0.1) is 11.4 Å². The van der Waals surface area contributed by atoms with E-state index < -0.39 is 5.82 Å². The summed E-state index contributed by atoms with van der Waals surface area (Å²) in [7, 11) is 0. The lowest BCUT2D eigenvalue weighted by atomic mass is 9.97. The number of rotatable bonds is 6. The summed E-state index contributed by atoms with van der Waals surface area (Å²) >= 11 is 1.27. The molecule has 0 aliphatic carbocycles. The molecule has 0 bridgehead atoms. The van der Waals surface area contributed by atoms with Crippen molar-refractivity contribution in [2.75, 3.05) is 6.54 Å². The Balaban J connectivity index is 2.42. The minimum absolute atomic E-state index is 0.210. The van der Waals surface area contributed by atoms with Gasteiger partial charge in [0.1, 0.15) is 5.82 Å². The van der Waals surface area contributed by atoms with Gasteiger partial charge in [0.2, 0.25) is 0 Å². The molecule has 0 unspecified atom stereocenters. The monoisotopic (exact) mass is 332 g/mol. The van der Waals surface area contributed by atoms with Crippen LogP contribution in [0.2, 0.25) is 0 Å². The minimum Gasteiger partial charge on any atom is -0.323 e. The average Bonchev–Trinajstić information content (AvgIpc) is 2.99. The highest BCUT2D eigenvalue weighted by Crippen LogP contribution is 2.29. The van der Waals surface area contributed by atoms with Gasteiger partial charge in [0.15, 0.2) is 5.78 Å². The first-order valence-electron chi connectivity index (χ1n) is 7.07. The van der Waals surface area contributed by atoms with E-state index in [2.05, 4.69) is 14.5 Å². The molecule has 1 aromatic carbocycles. The van der Waals surface area contributed by atoms with Gasteiger partial charge in [-0.3, -0.25) is 9.79 Å². The molecule has 1 aromatic heterocycles. The molecule has 2 rings (SSSR count). The highest BCUT2D eigenvalue weighted by Gasteiger charge is 2.17. The van der Waals surface area contributed by atoms with Crippen molar-refractivity contribution in [1.29, 1.82) is 0 Å². The SMILES string of the molecule is CCN=CC(Cc1csnc1-c1ccc(F)cc1C(C)=O)=NN. The molecule has 0 amide bonds. The molecule has 0 fully saturated rings. The molecule has 2 N–H and O–H groups in total. The second-order valence-corrected chi connectivity index (χ2v) is 5.49. The summed E-state index contributed by atoms with van der Waals surface area (Å²) in [6.45, 7) is 3.96. The summed E-state index contributed by atoms with van der Waals surface area (Å²) < 4.78 is 17.8.